The van der Waals surface area contributed by atoms with Crippen LogP contribution in [0.5, 0.6) is 0 Å². The molecule has 1 heterocycles. The van der Waals surface area contributed by atoms with E-state index in [1.54, 1.807) is 11.3 Å². The van der Waals surface area contributed by atoms with Gasteiger partial charge in [-0.1, -0.05) is 6.92 Å². The summed E-state index contributed by atoms with van der Waals surface area (Å²) in [5.41, 5.74) is 5.06. The standard InChI is InChI=1S/C12H20N2OS.ClH/c1-4-9-5-6-10(16-9)7-14-11(15)12(2,3)8-13;/h5-6H,4,7-8,13H2,1-3H3,(H,14,15);1H. The Kier molecular flexibility index (Phi) is 6.75. The number of nitrogens with one attached hydrogen (secondary N) is 1. The van der Waals surface area contributed by atoms with Gasteiger partial charge in [-0.3, -0.25) is 4.79 Å². The Morgan fingerprint density at radius 1 is 1.41 bits per heavy atom. The number of rotatable bonds is 5. The summed E-state index contributed by atoms with van der Waals surface area (Å²) in [6.45, 7) is 6.81. The van der Waals surface area contributed by atoms with Crippen LogP contribution in [0.4, 0.5) is 0 Å². The third kappa shape index (κ3) is 4.66. The number of hydrogen-bond acceptors (Lipinski definition) is 3. The normalized spacial score (nSPS) is 10.8. The zero-order chi connectivity index (χ0) is 12.2. The molecule has 0 bridgehead atoms. The first-order valence-electron chi connectivity index (χ1n) is 5.55. The zero-order valence-electron chi connectivity index (χ0n) is 10.6. The molecule has 3 N–H and O–H groups in total. The van der Waals surface area contributed by atoms with Crippen LogP contribution < -0.4 is 11.1 Å². The number of aryl methyl sites for hydroxylation is 1. The fourth-order valence-corrected chi connectivity index (χ4v) is 2.10. The SMILES string of the molecule is CCc1ccc(CNC(=O)C(C)(C)CN)s1.Cl. The number of hydrogen-bond donors (Lipinski definition) is 2. The summed E-state index contributed by atoms with van der Waals surface area (Å²) in [6, 6.07) is 4.18. The molecule has 17 heavy (non-hydrogen) atoms. The van der Waals surface area contributed by atoms with Crippen molar-refractivity contribution in [3.63, 3.8) is 0 Å². The van der Waals surface area contributed by atoms with Crippen LogP contribution in [0.25, 0.3) is 0 Å². The molecule has 0 radical (unpaired) electrons. The second-order valence-electron chi connectivity index (χ2n) is 4.49. The van der Waals surface area contributed by atoms with Gasteiger partial charge in [0.05, 0.1) is 12.0 Å². The van der Waals surface area contributed by atoms with E-state index in [0.29, 0.717) is 13.1 Å². The molecule has 0 fully saturated rings. The van der Waals surface area contributed by atoms with Crippen molar-refractivity contribution >= 4 is 29.7 Å². The first-order valence-corrected chi connectivity index (χ1v) is 6.37. The van der Waals surface area contributed by atoms with Crippen LogP contribution in [0.3, 0.4) is 0 Å². The maximum absolute atomic E-state index is 11.8. The summed E-state index contributed by atoms with van der Waals surface area (Å²) < 4.78 is 0. The van der Waals surface area contributed by atoms with Crippen LogP contribution in [0.1, 0.15) is 30.5 Å². The lowest BCUT2D eigenvalue weighted by atomic mass is 9.93. The summed E-state index contributed by atoms with van der Waals surface area (Å²) in [5, 5.41) is 2.92. The number of carbonyl (C=O) groups is 1. The van der Waals surface area contributed by atoms with Gasteiger partial charge in [0.25, 0.3) is 0 Å². The Labute approximate surface area is 113 Å². The van der Waals surface area contributed by atoms with Crippen LogP contribution in [-0.2, 0) is 17.8 Å². The number of carbonyl (C=O) groups excluding carboxylic acids is 1. The highest BCUT2D eigenvalue weighted by atomic mass is 35.5. The molecule has 0 aliphatic rings. The van der Waals surface area contributed by atoms with Gasteiger partial charge >= 0.3 is 0 Å². The highest BCUT2D eigenvalue weighted by Gasteiger charge is 2.25. The molecule has 0 aliphatic carbocycles. The Morgan fingerprint density at radius 3 is 2.47 bits per heavy atom. The quantitative estimate of drug-likeness (QED) is 0.867. The number of amides is 1. The molecule has 1 amide bonds. The summed E-state index contributed by atoms with van der Waals surface area (Å²) in [5.74, 6) is 0.0152. The van der Waals surface area contributed by atoms with E-state index < -0.39 is 5.41 Å². The van der Waals surface area contributed by atoms with Crippen LogP contribution in [0, 0.1) is 5.41 Å². The van der Waals surface area contributed by atoms with Gasteiger partial charge in [-0.05, 0) is 32.4 Å². The van der Waals surface area contributed by atoms with Gasteiger partial charge in [0.2, 0.25) is 5.91 Å². The van der Waals surface area contributed by atoms with Gasteiger partial charge < -0.3 is 11.1 Å². The summed E-state index contributed by atoms with van der Waals surface area (Å²) in [4.78, 5) is 14.3. The van der Waals surface area contributed by atoms with Crippen LogP contribution in [-0.4, -0.2) is 12.5 Å². The first-order chi connectivity index (χ1) is 7.49. The van der Waals surface area contributed by atoms with E-state index in [-0.39, 0.29) is 18.3 Å². The van der Waals surface area contributed by atoms with E-state index in [0.717, 1.165) is 6.42 Å². The minimum absolute atomic E-state index is 0. The number of halogens is 1. The molecule has 1 aromatic rings. The second-order valence-corrected chi connectivity index (χ2v) is 5.75. The monoisotopic (exact) mass is 276 g/mol. The van der Waals surface area contributed by atoms with E-state index in [2.05, 4.69) is 24.4 Å². The number of nitrogens with two attached hydrogens (primary N) is 1. The number of thiophene rings is 1. The van der Waals surface area contributed by atoms with Gasteiger partial charge in [0.1, 0.15) is 0 Å². The Balaban J connectivity index is 0.00000256. The summed E-state index contributed by atoms with van der Waals surface area (Å²) >= 11 is 1.75. The minimum Gasteiger partial charge on any atom is -0.351 e. The lowest BCUT2D eigenvalue weighted by Gasteiger charge is -2.20. The lowest BCUT2D eigenvalue weighted by molar-refractivity contribution is -0.129. The first kappa shape index (κ1) is 16.4. The predicted octanol–water partition coefficient (Wildman–Crippen LogP) is 2.33. The summed E-state index contributed by atoms with van der Waals surface area (Å²) in [7, 11) is 0. The molecule has 0 atom stereocenters. The minimum atomic E-state index is -0.481. The maximum Gasteiger partial charge on any atom is 0.227 e. The predicted molar refractivity (Wildman–Crippen MR) is 75.6 cm³/mol. The van der Waals surface area contributed by atoms with E-state index in [1.807, 2.05) is 13.8 Å². The molecular weight excluding hydrogens is 256 g/mol. The van der Waals surface area contributed by atoms with Gasteiger partial charge in [0.15, 0.2) is 0 Å². The van der Waals surface area contributed by atoms with Gasteiger partial charge in [-0.25, -0.2) is 0 Å². The lowest BCUT2D eigenvalue weighted by Crippen LogP contribution is -2.41. The maximum atomic E-state index is 11.8. The molecule has 0 aliphatic heterocycles. The highest BCUT2D eigenvalue weighted by molar-refractivity contribution is 7.11. The van der Waals surface area contributed by atoms with Crippen molar-refractivity contribution in [2.75, 3.05) is 6.54 Å². The zero-order valence-corrected chi connectivity index (χ0v) is 12.2. The largest absolute Gasteiger partial charge is 0.351 e. The van der Waals surface area contributed by atoms with Crippen molar-refractivity contribution in [2.45, 2.75) is 33.7 Å². The van der Waals surface area contributed by atoms with E-state index in [4.69, 9.17) is 5.73 Å². The van der Waals surface area contributed by atoms with Crippen molar-refractivity contribution in [1.29, 1.82) is 0 Å². The van der Waals surface area contributed by atoms with Gasteiger partial charge in [-0.2, -0.15) is 0 Å². The Hall–Kier alpha value is -0.580. The fraction of sp³-hybridized carbons (Fsp3) is 0.583. The van der Waals surface area contributed by atoms with Crippen molar-refractivity contribution < 1.29 is 4.79 Å². The van der Waals surface area contributed by atoms with Crippen molar-refractivity contribution in [3.8, 4) is 0 Å². The Bertz CT molecular complexity index is 363. The third-order valence-electron chi connectivity index (χ3n) is 2.61. The van der Waals surface area contributed by atoms with E-state index >= 15 is 0 Å². The average molecular weight is 277 g/mol. The third-order valence-corrected chi connectivity index (χ3v) is 3.84. The molecule has 98 valence electrons. The fourth-order valence-electron chi connectivity index (χ4n) is 1.21. The molecule has 1 rings (SSSR count). The van der Waals surface area contributed by atoms with Crippen LogP contribution in [0.15, 0.2) is 12.1 Å². The molecular formula is C12H21ClN2OS. The van der Waals surface area contributed by atoms with Crippen molar-refractivity contribution in [3.05, 3.63) is 21.9 Å². The molecule has 0 unspecified atom stereocenters. The molecule has 0 aromatic carbocycles. The Morgan fingerprint density at radius 2 is 2.00 bits per heavy atom. The molecule has 0 spiro atoms. The molecule has 5 heteroatoms. The highest BCUT2D eigenvalue weighted by Crippen LogP contribution is 2.18. The smallest absolute Gasteiger partial charge is 0.227 e. The van der Waals surface area contributed by atoms with Crippen LogP contribution >= 0.6 is 23.7 Å². The van der Waals surface area contributed by atoms with Gasteiger partial charge in [0, 0.05) is 16.3 Å². The van der Waals surface area contributed by atoms with Gasteiger partial charge in [-0.15, -0.1) is 23.7 Å². The van der Waals surface area contributed by atoms with Crippen molar-refractivity contribution in [1.82, 2.24) is 5.32 Å². The summed E-state index contributed by atoms with van der Waals surface area (Å²) in [6.07, 6.45) is 1.05. The average Bonchev–Trinajstić information content (AvgIpc) is 2.73. The van der Waals surface area contributed by atoms with Crippen molar-refractivity contribution in [2.24, 2.45) is 11.1 Å². The molecule has 0 saturated heterocycles. The molecule has 1 aromatic heterocycles. The second kappa shape index (κ2) is 6.99. The van der Waals surface area contributed by atoms with Crippen LogP contribution in [0.2, 0.25) is 0 Å². The molecule has 3 nitrogen and oxygen atoms in total. The van der Waals surface area contributed by atoms with E-state index in [1.165, 1.54) is 9.75 Å². The topological polar surface area (TPSA) is 55.1 Å². The van der Waals surface area contributed by atoms with E-state index in [9.17, 15) is 4.79 Å². The molecule has 0 saturated carbocycles.